The van der Waals surface area contributed by atoms with E-state index in [1.165, 1.54) is 6.42 Å². The number of benzene rings is 1. The summed E-state index contributed by atoms with van der Waals surface area (Å²) >= 11 is 0. The van der Waals surface area contributed by atoms with Crippen molar-refractivity contribution in [2.24, 2.45) is 5.92 Å². The number of nitrogens with two attached hydrogens (primary N) is 1. The van der Waals surface area contributed by atoms with E-state index in [0.29, 0.717) is 22.9 Å². The first-order valence-corrected chi connectivity index (χ1v) is 6.77. The number of likely N-dealkylation sites (tertiary alicyclic amines) is 1. The highest BCUT2D eigenvalue weighted by molar-refractivity contribution is 5.98. The second-order valence-electron chi connectivity index (χ2n) is 5.45. The predicted molar refractivity (Wildman–Crippen MR) is 76.3 cm³/mol. The van der Waals surface area contributed by atoms with Crippen molar-refractivity contribution < 1.29 is 9.53 Å². The third-order valence-electron chi connectivity index (χ3n) is 3.83. The van der Waals surface area contributed by atoms with Crippen LogP contribution in [0.5, 0.6) is 5.75 Å². The van der Waals surface area contributed by atoms with E-state index in [0.717, 1.165) is 13.0 Å². The van der Waals surface area contributed by atoms with Crippen molar-refractivity contribution in [2.75, 3.05) is 19.4 Å². The van der Waals surface area contributed by atoms with Gasteiger partial charge in [0.2, 0.25) is 0 Å². The van der Waals surface area contributed by atoms with E-state index in [4.69, 9.17) is 10.5 Å². The van der Waals surface area contributed by atoms with Gasteiger partial charge in [0.25, 0.3) is 5.91 Å². The maximum Gasteiger partial charge on any atom is 0.257 e. The maximum atomic E-state index is 12.7. The van der Waals surface area contributed by atoms with Gasteiger partial charge in [-0.1, -0.05) is 6.92 Å². The summed E-state index contributed by atoms with van der Waals surface area (Å²) in [5, 5.41) is 0. The molecular formula is C15H22N2O2. The molecule has 0 bridgehead atoms. The van der Waals surface area contributed by atoms with Crippen molar-refractivity contribution in [1.29, 1.82) is 0 Å². The van der Waals surface area contributed by atoms with Crippen molar-refractivity contribution in [3.63, 3.8) is 0 Å². The average Bonchev–Trinajstić information content (AvgIpc) is 2.40. The summed E-state index contributed by atoms with van der Waals surface area (Å²) in [5.41, 5.74) is 6.93. The Morgan fingerprint density at radius 3 is 2.79 bits per heavy atom. The van der Waals surface area contributed by atoms with Gasteiger partial charge in [-0.05, 0) is 43.9 Å². The summed E-state index contributed by atoms with van der Waals surface area (Å²) < 4.78 is 5.27. The van der Waals surface area contributed by atoms with Crippen LogP contribution in [0.25, 0.3) is 0 Å². The molecule has 4 heteroatoms. The fraction of sp³-hybridized carbons (Fsp3) is 0.533. The van der Waals surface area contributed by atoms with Gasteiger partial charge in [0.1, 0.15) is 5.75 Å². The van der Waals surface area contributed by atoms with Crippen LogP contribution in [-0.2, 0) is 0 Å². The summed E-state index contributed by atoms with van der Waals surface area (Å²) in [6.45, 7) is 5.09. The molecule has 1 aliphatic rings. The van der Waals surface area contributed by atoms with Gasteiger partial charge in [0.15, 0.2) is 0 Å². The molecule has 1 saturated heterocycles. The van der Waals surface area contributed by atoms with E-state index in [2.05, 4.69) is 13.8 Å². The summed E-state index contributed by atoms with van der Waals surface area (Å²) in [4.78, 5) is 14.6. The first-order chi connectivity index (χ1) is 9.02. The number of methoxy groups -OCH3 is 1. The number of carbonyl (C=O) groups is 1. The highest BCUT2D eigenvalue weighted by Gasteiger charge is 2.29. The molecule has 1 amide bonds. The van der Waals surface area contributed by atoms with Gasteiger partial charge >= 0.3 is 0 Å². The molecule has 1 aliphatic heterocycles. The Balaban J connectivity index is 2.30. The highest BCUT2D eigenvalue weighted by atomic mass is 16.5. The number of carbonyl (C=O) groups excluding carboxylic acids is 1. The molecule has 2 atom stereocenters. The number of anilines is 1. The fourth-order valence-electron chi connectivity index (χ4n) is 2.62. The third-order valence-corrected chi connectivity index (χ3v) is 3.83. The monoisotopic (exact) mass is 262 g/mol. The second kappa shape index (κ2) is 5.51. The minimum atomic E-state index is 0.0169. The SMILES string of the molecule is COc1ccc(N)cc1C(=O)N1CC(C)CCC1C. The van der Waals surface area contributed by atoms with Gasteiger partial charge in [-0.15, -0.1) is 0 Å². The molecule has 2 N–H and O–H groups in total. The molecule has 2 unspecified atom stereocenters. The van der Waals surface area contributed by atoms with E-state index in [1.54, 1.807) is 25.3 Å². The Morgan fingerprint density at radius 1 is 1.37 bits per heavy atom. The lowest BCUT2D eigenvalue weighted by atomic mass is 9.94. The van der Waals surface area contributed by atoms with Crippen molar-refractivity contribution in [1.82, 2.24) is 4.90 Å². The van der Waals surface area contributed by atoms with Crippen LogP contribution in [0.4, 0.5) is 5.69 Å². The van der Waals surface area contributed by atoms with E-state index < -0.39 is 0 Å². The molecular weight excluding hydrogens is 240 g/mol. The van der Waals surface area contributed by atoms with Gasteiger partial charge < -0.3 is 15.4 Å². The predicted octanol–water partition coefficient (Wildman–Crippen LogP) is 2.54. The van der Waals surface area contributed by atoms with Gasteiger partial charge in [-0.2, -0.15) is 0 Å². The summed E-state index contributed by atoms with van der Waals surface area (Å²) in [6, 6.07) is 5.47. The molecule has 1 aromatic rings. The van der Waals surface area contributed by atoms with Crippen LogP contribution >= 0.6 is 0 Å². The van der Waals surface area contributed by atoms with Crippen LogP contribution < -0.4 is 10.5 Å². The zero-order chi connectivity index (χ0) is 14.0. The van der Waals surface area contributed by atoms with Crippen LogP contribution in [-0.4, -0.2) is 30.5 Å². The standard InChI is InChI=1S/C15H22N2O2/c1-10-4-5-11(2)17(9-10)15(18)13-8-12(16)6-7-14(13)19-3/h6-8,10-11H,4-5,9,16H2,1-3H3. The molecule has 104 valence electrons. The van der Waals surface area contributed by atoms with Crippen LogP contribution in [0.3, 0.4) is 0 Å². The van der Waals surface area contributed by atoms with Crippen LogP contribution in [0, 0.1) is 5.92 Å². The molecule has 1 fully saturated rings. The van der Waals surface area contributed by atoms with Gasteiger partial charge in [0.05, 0.1) is 12.7 Å². The number of hydrogen-bond donors (Lipinski definition) is 1. The van der Waals surface area contributed by atoms with Gasteiger partial charge in [0, 0.05) is 18.3 Å². The second-order valence-corrected chi connectivity index (χ2v) is 5.45. The minimum absolute atomic E-state index is 0.0169. The molecule has 0 saturated carbocycles. The maximum absolute atomic E-state index is 12.7. The van der Waals surface area contributed by atoms with Crippen molar-refractivity contribution in [3.05, 3.63) is 23.8 Å². The highest BCUT2D eigenvalue weighted by Crippen LogP contribution is 2.27. The molecule has 0 radical (unpaired) electrons. The van der Waals surface area contributed by atoms with Crippen molar-refractivity contribution in [3.8, 4) is 5.75 Å². The number of nitrogen functional groups attached to an aromatic ring is 1. The smallest absolute Gasteiger partial charge is 0.257 e. The van der Waals surface area contributed by atoms with E-state index in [-0.39, 0.29) is 11.9 Å². The average molecular weight is 262 g/mol. The summed E-state index contributed by atoms with van der Waals surface area (Å²) in [5.74, 6) is 1.15. The number of nitrogens with zero attached hydrogens (tertiary/aromatic N) is 1. The lowest BCUT2D eigenvalue weighted by Gasteiger charge is -2.37. The number of hydrogen-bond acceptors (Lipinski definition) is 3. The van der Waals surface area contributed by atoms with Gasteiger partial charge in [-0.25, -0.2) is 0 Å². The lowest BCUT2D eigenvalue weighted by molar-refractivity contribution is 0.0571. The Labute approximate surface area is 114 Å². The molecule has 0 spiro atoms. The van der Waals surface area contributed by atoms with Crippen LogP contribution in [0.15, 0.2) is 18.2 Å². The first kappa shape index (κ1) is 13.7. The Morgan fingerprint density at radius 2 is 2.11 bits per heavy atom. The van der Waals surface area contributed by atoms with Gasteiger partial charge in [-0.3, -0.25) is 4.79 Å². The lowest BCUT2D eigenvalue weighted by Crippen LogP contribution is -2.45. The number of amides is 1. The number of ether oxygens (including phenoxy) is 1. The Kier molecular flexibility index (Phi) is 3.98. The van der Waals surface area contributed by atoms with Crippen molar-refractivity contribution >= 4 is 11.6 Å². The summed E-state index contributed by atoms with van der Waals surface area (Å²) in [7, 11) is 1.57. The van der Waals surface area contributed by atoms with Crippen LogP contribution in [0.2, 0.25) is 0 Å². The normalized spacial score (nSPS) is 23.2. The fourth-order valence-corrected chi connectivity index (χ4v) is 2.62. The summed E-state index contributed by atoms with van der Waals surface area (Å²) in [6.07, 6.45) is 2.23. The Hall–Kier alpha value is -1.71. The molecule has 1 aromatic carbocycles. The number of rotatable bonds is 2. The van der Waals surface area contributed by atoms with E-state index in [9.17, 15) is 4.79 Å². The molecule has 4 nitrogen and oxygen atoms in total. The topological polar surface area (TPSA) is 55.6 Å². The molecule has 19 heavy (non-hydrogen) atoms. The first-order valence-electron chi connectivity index (χ1n) is 6.77. The van der Waals surface area contributed by atoms with Crippen molar-refractivity contribution in [2.45, 2.75) is 32.7 Å². The molecule has 1 heterocycles. The van der Waals surface area contributed by atoms with E-state index in [1.807, 2.05) is 4.90 Å². The quantitative estimate of drug-likeness (QED) is 0.833. The number of piperidine rings is 1. The minimum Gasteiger partial charge on any atom is -0.496 e. The Bertz CT molecular complexity index is 473. The molecule has 0 aliphatic carbocycles. The zero-order valence-electron chi connectivity index (χ0n) is 11.8. The van der Waals surface area contributed by atoms with Crippen LogP contribution in [0.1, 0.15) is 37.0 Å². The van der Waals surface area contributed by atoms with E-state index >= 15 is 0 Å². The largest absolute Gasteiger partial charge is 0.496 e. The molecule has 2 rings (SSSR count). The molecule has 0 aromatic heterocycles. The zero-order valence-corrected chi connectivity index (χ0v) is 11.8. The third kappa shape index (κ3) is 2.83.